The molecule has 0 fully saturated rings. The third kappa shape index (κ3) is 2.97. The van der Waals surface area contributed by atoms with Crippen LogP contribution < -0.4 is 16.6 Å². The fourth-order valence-corrected chi connectivity index (χ4v) is 1.56. The highest BCUT2D eigenvalue weighted by Crippen LogP contribution is 1.88. The molecule has 0 aromatic carbocycles. The van der Waals surface area contributed by atoms with Gasteiger partial charge in [0.25, 0.3) is 11.5 Å². The average molecular weight is 263 g/mol. The van der Waals surface area contributed by atoms with Crippen LogP contribution in [0.2, 0.25) is 0 Å². The van der Waals surface area contributed by atoms with Gasteiger partial charge in [-0.3, -0.25) is 14.2 Å². The van der Waals surface area contributed by atoms with E-state index in [4.69, 9.17) is 0 Å². The van der Waals surface area contributed by atoms with E-state index in [1.54, 1.807) is 6.92 Å². The predicted molar refractivity (Wildman–Crippen MR) is 67.0 cm³/mol. The zero-order chi connectivity index (χ0) is 13.8. The first-order valence-electron chi connectivity index (χ1n) is 5.65. The number of aromatic nitrogens is 4. The lowest BCUT2D eigenvalue weighted by atomic mass is 10.4. The van der Waals surface area contributed by atoms with Gasteiger partial charge in [-0.1, -0.05) is 0 Å². The molecule has 3 N–H and O–H groups in total. The first-order chi connectivity index (χ1) is 9.08. The second kappa shape index (κ2) is 5.34. The second-order valence-electron chi connectivity index (χ2n) is 3.99. The Morgan fingerprint density at radius 1 is 1.47 bits per heavy atom. The molecular formula is C11H13N5O3. The minimum atomic E-state index is -0.441. The van der Waals surface area contributed by atoms with Gasteiger partial charge in [0.15, 0.2) is 0 Å². The highest BCUT2D eigenvalue weighted by atomic mass is 16.2. The van der Waals surface area contributed by atoms with E-state index >= 15 is 0 Å². The SMILES string of the molecule is Cc1cncn(CCNC(=O)c2c[nH]c(=O)[nH]2)c1=O. The number of rotatable bonds is 4. The molecule has 2 aromatic heterocycles. The Balaban J connectivity index is 1.94. The molecule has 0 aliphatic rings. The molecule has 2 rings (SSSR count). The van der Waals surface area contributed by atoms with Crippen molar-refractivity contribution in [3.63, 3.8) is 0 Å². The molecule has 0 aliphatic heterocycles. The summed E-state index contributed by atoms with van der Waals surface area (Å²) in [5, 5.41) is 2.59. The molecule has 0 spiro atoms. The van der Waals surface area contributed by atoms with Crippen LogP contribution in [0.3, 0.4) is 0 Å². The molecule has 19 heavy (non-hydrogen) atoms. The molecule has 2 aromatic rings. The summed E-state index contributed by atoms with van der Waals surface area (Å²) in [5.74, 6) is -0.410. The van der Waals surface area contributed by atoms with E-state index in [1.165, 1.54) is 23.3 Å². The summed E-state index contributed by atoms with van der Waals surface area (Å²) in [4.78, 5) is 42.7. The maximum absolute atomic E-state index is 11.7. The Labute approximate surface area is 107 Å². The van der Waals surface area contributed by atoms with Gasteiger partial charge in [0.1, 0.15) is 5.69 Å². The van der Waals surface area contributed by atoms with E-state index < -0.39 is 11.6 Å². The molecule has 0 saturated carbocycles. The number of amides is 1. The summed E-state index contributed by atoms with van der Waals surface area (Å²) < 4.78 is 1.41. The van der Waals surface area contributed by atoms with E-state index in [9.17, 15) is 14.4 Å². The second-order valence-corrected chi connectivity index (χ2v) is 3.99. The van der Waals surface area contributed by atoms with Crippen LogP contribution in [0.5, 0.6) is 0 Å². The largest absolute Gasteiger partial charge is 0.349 e. The van der Waals surface area contributed by atoms with Crippen molar-refractivity contribution in [2.75, 3.05) is 6.54 Å². The van der Waals surface area contributed by atoms with E-state index in [0.717, 1.165) is 0 Å². The maximum atomic E-state index is 11.7. The van der Waals surface area contributed by atoms with Crippen molar-refractivity contribution < 1.29 is 4.79 Å². The number of aromatic amines is 2. The molecule has 100 valence electrons. The van der Waals surface area contributed by atoms with Gasteiger partial charge in [0.05, 0.1) is 6.33 Å². The predicted octanol–water partition coefficient (Wildman–Crippen LogP) is -1.00. The molecule has 8 nitrogen and oxygen atoms in total. The standard InChI is InChI=1S/C11H13N5O3/c1-7-4-12-6-16(10(7)18)3-2-13-9(17)8-5-14-11(19)15-8/h4-6H,2-3H2,1H3,(H,13,17)(H2,14,15,19). The topological polar surface area (TPSA) is 113 Å². The number of nitrogens with one attached hydrogen (secondary N) is 3. The van der Waals surface area contributed by atoms with Crippen LogP contribution in [-0.4, -0.2) is 32.0 Å². The minimum absolute atomic E-state index is 0.140. The van der Waals surface area contributed by atoms with Crippen LogP contribution in [0, 0.1) is 6.92 Å². The lowest BCUT2D eigenvalue weighted by Gasteiger charge is -2.06. The number of hydrogen-bond donors (Lipinski definition) is 3. The third-order valence-electron chi connectivity index (χ3n) is 2.55. The number of carbonyl (C=O) groups excluding carboxylic acids is 1. The minimum Gasteiger partial charge on any atom is -0.349 e. The number of aryl methyl sites for hydroxylation is 1. The summed E-state index contributed by atoms with van der Waals surface area (Å²) in [6, 6.07) is 0. The number of carbonyl (C=O) groups is 1. The van der Waals surface area contributed by atoms with Crippen molar-refractivity contribution in [2.45, 2.75) is 13.5 Å². The van der Waals surface area contributed by atoms with Gasteiger partial charge in [-0.2, -0.15) is 0 Å². The lowest BCUT2D eigenvalue weighted by molar-refractivity contribution is 0.0947. The Morgan fingerprint density at radius 2 is 2.26 bits per heavy atom. The van der Waals surface area contributed by atoms with Crippen molar-refractivity contribution in [3.05, 3.63) is 50.8 Å². The van der Waals surface area contributed by atoms with Crippen LogP contribution >= 0.6 is 0 Å². The summed E-state index contributed by atoms with van der Waals surface area (Å²) in [6.07, 6.45) is 4.19. The van der Waals surface area contributed by atoms with Gasteiger partial charge in [0, 0.05) is 31.0 Å². The molecule has 0 aliphatic carbocycles. The Morgan fingerprint density at radius 3 is 2.95 bits per heavy atom. The fraction of sp³-hybridized carbons (Fsp3) is 0.273. The monoisotopic (exact) mass is 263 g/mol. The number of imidazole rings is 1. The van der Waals surface area contributed by atoms with Gasteiger partial charge >= 0.3 is 5.69 Å². The molecule has 0 bridgehead atoms. The number of hydrogen-bond acceptors (Lipinski definition) is 4. The number of nitrogens with zero attached hydrogens (tertiary/aromatic N) is 2. The lowest BCUT2D eigenvalue weighted by Crippen LogP contribution is -2.31. The highest BCUT2D eigenvalue weighted by molar-refractivity contribution is 5.91. The normalized spacial score (nSPS) is 10.4. The van der Waals surface area contributed by atoms with E-state index in [0.29, 0.717) is 12.1 Å². The van der Waals surface area contributed by atoms with Crippen LogP contribution in [-0.2, 0) is 6.54 Å². The zero-order valence-electron chi connectivity index (χ0n) is 10.3. The molecule has 0 atom stereocenters. The molecular weight excluding hydrogens is 250 g/mol. The third-order valence-corrected chi connectivity index (χ3v) is 2.55. The van der Waals surface area contributed by atoms with E-state index in [1.807, 2.05) is 0 Å². The van der Waals surface area contributed by atoms with Crippen LogP contribution in [0.25, 0.3) is 0 Å². The molecule has 0 unspecified atom stereocenters. The van der Waals surface area contributed by atoms with E-state index in [-0.39, 0.29) is 17.8 Å². The average Bonchev–Trinajstić information content (AvgIpc) is 2.81. The van der Waals surface area contributed by atoms with Gasteiger partial charge in [-0.05, 0) is 6.92 Å². The van der Waals surface area contributed by atoms with E-state index in [2.05, 4.69) is 20.3 Å². The Hall–Kier alpha value is -2.64. The fourth-order valence-electron chi connectivity index (χ4n) is 1.56. The molecule has 8 heteroatoms. The summed E-state index contributed by atoms with van der Waals surface area (Å²) in [5.41, 5.74) is 0.118. The van der Waals surface area contributed by atoms with Gasteiger partial charge in [-0.25, -0.2) is 9.78 Å². The van der Waals surface area contributed by atoms with Crippen molar-refractivity contribution in [1.29, 1.82) is 0 Å². The van der Waals surface area contributed by atoms with Crippen molar-refractivity contribution in [2.24, 2.45) is 0 Å². The molecule has 0 saturated heterocycles. The maximum Gasteiger partial charge on any atom is 0.323 e. The zero-order valence-corrected chi connectivity index (χ0v) is 10.3. The Bertz CT molecular complexity index is 697. The first-order valence-corrected chi connectivity index (χ1v) is 5.65. The van der Waals surface area contributed by atoms with Crippen LogP contribution in [0.1, 0.15) is 16.1 Å². The molecule has 1 amide bonds. The van der Waals surface area contributed by atoms with Gasteiger partial charge < -0.3 is 15.3 Å². The molecule has 2 heterocycles. The summed E-state index contributed by atoms with van der Waals surface area (Å²) in [7, 11) is 0. The van der Waals surface area contributed by atoms with Crippen LogP contribution in [0.15, 0.2) is 28.3 Å². The highest BCUT2D eigenvalue weighted by Gasteiger charge is 2.07. The summed E-state index contributed by atoms with van der Waals surface area (Å²) in [6.45, 7) is 2.25. The smallest absolute Gasteiger partial charge is 0.323 e. The van der Waals surface area contributed by atoms with Crippen molar-refractivity contribution in [3.8, 4) is 0 Å². The number of H-pyrrole nitrogens is 2. The van der Waals surface area contributed by atoms with Gasteiger partial charge in [0.2, 0.25) is 0 Å². The summed E-state index contributed by atoms with van der Waals surface area (Å²) >= 11 is 0. The first kappa shape index (κ1) is 12.8. The molecule has 0 radical (unpaired) electrons. The Kier molecular flexibility index (Phi) is 3.60. The quantitative estimate of drug-likeness (QED) is 0.656. The van der Waals surface area contributed by atoms with Gasteiger partial charge in [-0.15, -0.1) is 0 Å². The van der Waals surface area contributed by atoms with Crippen molar-refractivity contribution >= 4 is 5.91 Å². The van der Waals surface area contributed by atoms with Crippen molar-refractivity contribution in [1.82, 2.24) is 24.8 Å². The van der Waals surface area contributed by atoms with Crippen LogP contribution in [0.4, 0.5) is 0 Å².